The number of carbonyl (C=O) groups excluding carboxylic acids is 1. The van der Waals surface area contributed by atoms with E-state index in [0.717, 1.165) is 13.0 Å². The highest BCUT2D eigenvalue weighted by molar-refractivity contribution is 5.79. The van der Waals surface area contributed by atoms with Crippen molar-refractivity contribution in [3.8, 4) is 0 Å². The quantitative estimate of drug-likeness (QED) is 0.581. The molecule has 2 unspecified atom stereocenters. The molecule has 4 heteroatoms. The van der Waals surface area contributed by atoms with Crippen molar-refractivity contribution >= 4 is 5.91 Å². The number of carbonyl (C=O) groups is 1. The van der Waals surface area contributed by atoms with E-state index in [4.69, 9.17) is 5.11 Å². The van der Waals surface area contributed by atoms with E-state index >= 15 is 0 Å². The van der Waals surface area contributed by atoms with E-state index in [2.05, 4.69) is 10.6 Å². The Morgan fingerprint density at radius 1 is 1.47 bits per heavy atom. The van der Waals surface area contributed by atoms with Crippen LogP contribution >= 0.6 is 0 Å². The molecule has 0 bridgehead atoms. The van der Waals surface area contributed by atoms with Gasteiger partial charge in [0.25, 0.3) is 0 Å². The van der Waals surface area contributed by atoms with Crippen LogP contribution < -0.4 is 10.6 Å². The molecule has 0 aliphatic carbocycles. The number of nitrogens with one attached hydrogen (secondary N) is 2. The van der Waals surface area contributed by atoms with Gasteiger partial charge in [-0.1, -0.05) is 20.8 Å². The van der Waals surface area contributed by atoms with E-state index in [9.17, 15) is 4.79 Å². The molecule has 1 amide bonds. The lowest BCUT2D eigenvalue weighted by molar-refractivity contribution is -0.126. The van der Waals surface area contributed by atoms with Gasteiger partial charge >= 0.3 is 0 Å². The van der Waals surface area contributed by atoms with E-state index in [1.807, 2.05) is 27.7 Å². The Labute approximate surface area is 92.4 Å². The fourth-order valence-corrected chi connectivity index (χ4v) is 1.11. The Hall–Kier alpha value is -0.610. The predicted octanol–water partition coefficient (Wildman–Crippen LogP) is 0.509. The van der Waals surface area contributed by atoms with Crippen LogP contribution in [-0.4, -0.2) is 36.2 Å². The van der Waals surface area contributed by atoms with Crippen LogP contribution in [0.5, 0.6) is 0 Å². The lowest BCUT2D eigenvalue weighted by Gasteiger charge is -2.28. The third-order valence-corrected chi connectivity index (χ3v) is 2.70. The van der Waals surface area contributed by atoms with Crippen molar-refractivity contribution in [2.45, 2.75) is 39.7 Å². The van der Waals surface area contributed by atoms with Crippen molar-refractivity contribution in [2.24, 2.45) is 5.92 Å². The van der Waals surface area contributed by atoms with Crippen molar-refractivity contribution in [3.05, 3.63) is 0 Å². The van der Waals surface area contributed by atoms with Crippen molar-refractivity contribution in [1.29, 1.82) is 0 Å². The Morgan fingerprint density at radius 3 is 2.47 bits per heavy atom. The second kappa shape index (κ2) is 6.80. The molecule has 0 aliphatic heterocycles. The van der Waals surface area contributed by atoms with E-state index in [-0.39, 0.29) is 18.4 Å². The van der Waals surface area contributed by atoms with E-state index in [1.54, 1.807) is 0 Å². The molecular formula is C11H24N2O2. The topological polar surface area (TPSA) is 61.4 Å². The maximum atomic E-state index is 11.7. The molecule has 0 heterocycles. The van der Waals surface area contributed by atoms with Crippen LogP contribution in [0, 0.1) is 5.92 Å². The maximum absolute atomic E-state index is 11.7. The first-order valence-electron chi connectivity index (χ1n) is 5.62. The average molecular weight is 216 g/mol. The number of hydrogen-bond acceptors (Lipinski definition) is 3. The molecule has 3 N–H and O–H groups in total. The lowest BCUT2D eigenvalue weighted by atomic mass is 9.99. The minimum atomic E-state index is -0.489. The second-order valence-corrected chi connectivity index (χ2v) is 4.27. The normalized spacial score (nSPS) is 16.9. The molecule has 15 heavy (non-hydrogen) atoms. The molecule has 0 radical (unpaired) electrons. The summed E-state index contributed by atoms with van der Waals surface area (Å²) < 4.78 is 0. The summed E-state index contributed by atoms with van der Waals surface area (Å²) in [6.07, 6.45) is 0.725. The first kappa shape index (κ1) is 14.4. The van der Waals surface area contributed by atoms with Gasteiger partial charge < -0.3 is 15.7 Å². The minimum Gasteiger partial charge on any atom is -0.394 e. The monoisotopic (exact) mass is 216 g/mol. The SMILES string of the molecule is CCNCC(C)C(=O)NC(C)(CC)CO. The number of hydrogen-bond donors (Lipinski definition) is 3. The molecule has 2 atom stereocenters. The molecule has 4 nitrogen and oxygen atoms in total. The molecule has 0 spiro atoms. The molecule has 0 rings (SSSR count). The Balaban J connectivity index is 4.10. The van der Waals surface area contributed by atoms with Crippen molar-refractivity contribution < 1.29 is 9.90 Å². The van der Waals surface area contributed by atoms with Crippen LogP contribution in [-0.2, 0) is 4.79 Å². The van der Waals surface area contributed by atoms with Crippen LogP contribution in [0.2, 0.25) is 0 Å². The van der Waals surface area contributed by atoms with Gasteiger partial charge in [-0.05, 0) is 19.9 Å². The van der Waals surface area contributed by atoms with Gasteiger partial charge in [0.15, 0.2) is 0 Å². The Kier molecular flexibility index (Phi) is 6.52. The summed E-state index contributed by atoms with van der Waals surface area (Å²) in [6, 6.07) is 0. The summed E-state index contributed by atoms with van der Waals surface area (Å²) in [4.78, 5) is 11.7. The maximum Gasteiger partial charge on any atom is 0.224 e. The summed E-state index contributed by atoms with van der Waals surface area (Å²) in [6.45, 7) is 9.20. The molecule has 0 aromatic carbocycles. The summed E-state index contributed by atoms with van der Waals surface area (Å²) >= 11 is 0. The van der Waals surface area contributed by atoms with Gasteiger partial charge in [-0.15, -0.1) is 0 Å². The fraction of sp³-hybridized carbons (Fsp3) is 0.909. The Bertz CT molecular complexity index is 191. The molecule has 90 valence electrons. The molecule has 0 saturated heterocycles. The first-order chi connectivity index (χ1) is 6.99. The Morgan fingerprint density at radius 2 is 2.07 bits per heavy atom. The van der Waals surface area contributed by atoms with Crippen molar-refractivity contribution in [2.75, 3.05) is 19.7 Å². The summed E-state index contributed by atoms with van der Waals surface area (Å²) in [7, 11) is 0. The van der Waals surface area contributed by atoms with Crippen molar-refractivity contribution in [1.82, 2.24) is 10.6 Å². The van der Waals surface area contributed by atoms with E-state index in [1.165, 1.54) is 0 Å². The summed E-state index contributed by atoms with van der Waals surface area (Å²) in [5.74, 6) is -0.0725. The summed E-state index contributed by atoms with van der Waals surface area (Å²) in [5.41, 5.74) is -0.489. The number of aliphatic hydroxyl groups is 1. The number of amides is 1. The van der Waals surface area contributed by atoms with Crippen LogP contribution in [0.4, 0.5) is 0 Å². The van der Waals surface area contributed by atoms with Gasteiger partial charge in [0.05, 0.1) is 12.1 Å². The molecule has 0 saturated carbocycles. The van der Waals surface area contributed by atoms with Gasteiger partial charge in [-0.25, -0.2) is 0 Å². The molecule has 0 aromatic heterocycles. The van der Waals surface area contributed by atoms with Gasteiger partial charge in [-0.2, -0.15) is 0 Å². The van der Waals surface area contributed by atoms with Crippen LogP contribution in [0.3, 0.4) is 0 Å². The second-order valence-electron chi connectivity index (χ2n) is 4.27. The minimum absolute atomic E-state index is 0.00523. The molecular weight excluding hydrogens is 192 g/mol. The first-order valence-corrected chi connectivity index (χ1v) is 5.62. The zero-order valence-corrected chi connectivity index (χ0v) is 10.3. The summed E-state index contributed by atoms with van der Waals surface area (Å²) in [5, 5.41) is 15.2. The third-order valence-electron chi connectivity index (χ3n) is 2.70. The van der Waals surface area contributed by atoms with Crippen LogP contribution in [0.1, 0.15) is 34.1 Å². The van der Waals surface area contributed by atoms with Crippen molar-refractivity contribution in [3.63, 3.8) is 0 Å². The predicted molar refractivity (Wildman–Crippen MR) is 61.6 cm³/mol. The van der Waals surface area contributed by atoms with E-state index in [0.29, 0.717) is 6.54 Å². The highest BCUT2D eigenvalue weighted by atomic mass is 16.3. The molecule has 0 fully saturated rings. The lowest BCUT2D eigenvalue weighted by Crippen LogP contribution is -2.51. The highest BCUT2D eigenvalue weighted by Crippen LogP contribution is 2.09. The van der Waals surface area contributed by atoms with Gasteiger partial charge in [0, 0.05) is 12.5 Å². The molecule has 0 aromatic rings. The average Bonchev–Trinajstić information content (AvgIpc) is 2.25. The fourth-order valence-electron chi connectivity index (χ4n) is 1.11. The zero-order chi connectivity index (χ0) is 11.9. The van der Waals surface area contributed by atoms with Gasteiger partial charge in [0.1, 0.15) is 0 Å². The third kappa shape index (κ3) is 5.14. The van der Waals surface area contributed by atoms with Crippen LogP contribution in [0.25, 0.3) is 0 Å². The largest absolute Gasteiger partial charge is 0.394 e. The van der Waals surface area contributed by atoms with E-state index < -0.39 is 5.54 Å². The van der Waals surface area contributed by atoms with Crippen LogP contribution in [0.15, 0.2) is 0 Å². The number of aliphatic hydroxyl groups excluding tert-OH is 1. The van der Waals surface area contributed by atoms with Gasteiger partial charge in [-0.3, -0.25) is 4.79 Å². The standard InChI is InChI=1S/C11H24N2O2/c1-5-11(4,8-14)13-10(15)9(3)7-12-6-2/h9,12,14H,5-8H2,1-4H3,(H,13,15). The zero-order valence-electron chi connectivity index (χ0n) is 10.3. The highest BCUT2D eigenvalue weighted by Gasteiger charge is 2.25. The number of rotatable bonds is 7. The van der Waals surface area contributed by atoms with Gasteiger partial charge in [0.2, 0.25) is 5.91 Å². The smallest absolute Gasteiger partial charge is 0.224 e. The molecule has 0 aliphatic rings.